The summed E-state index contributed by atoms with van der Waals surface area (Å²) < 4.78 is 1.81. The molecule has 2 amide bonds. The molecule has 1 aliphatic carbocycles. The molecule has 1 atom stereocenters. The van der Waals surface area contributed by atoms with Gasteiger partial charge in [-0.25, -0.2) is 4.98 Å². The molecule has 148 valence electrons. The number of carbonyl (C=O) groups is 2. The van der Waals surface area contributed by atoms with Gasteiger partial charge in [0.1, 0.15) is 5.69 Å². The van der Waals surface area contributed by atoms with Crippen LogP contribution in [0.1, 0.15) is 68.3 Å². The van der Waals surface area contributed by atoms with Crippen LogP contribution in [0, 0.1) is 11.3 Å². The Morgan fingerprint density at radius 1 is 1.11 bits per heavy atom. The van der Waals surface area contributed by atoms with Crippen molar-refractivity contribution in [3.8, 4) is 0 Å². The largest absolute Gasteiger partial charge is 0.343 e. The zero-order valence-corrected chi connectivity index (χ0v) is 16.5. The predicted molar refractivity (Wildman–Crippen MR) is 103 cm³/mol. The molecule has 4 rings (SSSR count). The van der Waals surface area contributed by atoms with Gasteiger partial charge < -0.3 is 14.4 Å². The van der Waals surface area contributed by atoms with E-state index >= 15 is 0 Å². The van der Waals surface area contributed by atoms with Crippen molar-refractivity contribution in [3.05, 3.63) is 18.2 Å². The highest BCUT2D eigenvalue weighted by molar-refractivity contribution is 5.92. The number of aryl methyl sites for hydroxylation is 1. The number of likely N-dealkylation sites (tertiary alicyclic amines) is 2. The van der Waals surface area contributed by atoms with Gasteiger partial charge in [-0.1, -0.05) is 19.3 Å². The Morgan fingerprint density at radius 2 is 1.85 bits per heavy atom. The Balaban J connectivity index is 1.45. The zero-order chi connectivity index (χ0) is 18.9. The van der Waals surface area contributed by atoms with Crippen LogP contribution in [0.5, 0.6) is 0 Å². The number of hydrogen-bond donors (Lipinski definition) is 0. The minimum absolute atomic E-state index is 0.0910. The predicted octanol–water partition coefficient (Wildman–Crippen LogP) is 2.85. The molecule has 6 heteroatoms. The Bertz CT molecular complexity index is 686. The second-order valence-corrected chi connectivity index (χ2v) is 8.82. The lowest BCUT2D eigenvalue weighted by atomic mass is 9.66. The van der Waals surface area contributed by atoms with E-state index in [1.165, 1.54) is 32.1 Å². The highest BCUT2D eigenvalue weighted by atomic mass is 16.2. The fourth-order valence-electron chi connectivity index (χ4n) is 5.56. The van der Waals surface area contributed by atoms with Crippen LogP contribution in [0.25, 0.3) is 0 Å². The van der Waals surface area contributed by atoms with Gasteiger partial charge in [-0.2, -0.15) is 0 Å². The molecular weight excluding hydrogens is 340 g/mol. The SMILES string of the molecule is Cn1cncc1C(=O)N1CC(CCC(=O)N2CCCC2)C2(CCCCC2)C1. The Hall–Kier alpha value is -1.85. The summed E-state index contributed by atoms with van der Waals surface area (Å²) in [6.45, 7) is 3.50. The highest BCUT2D eigenvalue weighted by Crippen LogP contribution is 2.49. The standard InChI is InChI=1S/C21H32N4O2/c1-23-16-22-13-18(23)20(27)25-14-17(21(15-25)9-3-2-4-10-21)7-8-19(26)24-11-5-6-12-24/h13,16-17H,2-12,14-15H2,1H3. The van der Waals surface area contributed by atoms with Gasteiger partial charge in [0.05, 0.1) is 12.5 Å². The van der Waals surface area contributed by atoms with E-state index in [9.17, 15) is 9.59 Å². The number of carbonyl (C=O) groups excluding carboxylic acids is 2. The van der Waals surface area contributed by atoms with E-state index in [-0.39, 0.29) is 11.3 Å². The number of nitrogens with zero attached hydrogens (tertiary/aromatic N) is 4. The fraction of sp³-hybridized carbons (Fsp3) is 0.762. The van der Waals surface area contributed by atoms with Crippen LogP contribution in [0.15, 0.2) is 12.5 Å². The highest BCUT2D eigenvalue weighted by Gasteiger charge is 2.48. The molecule has 0 bridgehead atoms. The van der Waals surface area contributed by atoms with Crippen molar-refractivity contribution in [1.29, 1.82) is 0 Å². The van der Waals surface area contributed by atoms with E-state index < -0.39 is 0 Å². The summed E-state index contributed by atoms with van der Waals surface area (Å²) in [5, 5.41) is 0. The Morgan fingerprint density at radius 3 is 2.52 bits per heavy atom. The fourth-order valence-corrected chi connectivity index (χ4v) is 5.56. The Labute approximate surface area is 161 Å². The van der Waals surface area contributed by atoms with E-state index in [0.29, 0.717) is 23.9 Å². The first-order valence-corrected chi connectivity index (χ1v) is 10.6. The van der Waals surface area contributed by atoms with Crippen molar-refractivity contribution in [1.82, 2.24) is 19.4 Å². The lowest BCUT2D eigenvalue weighted by molar-refractivity contribution is -0.130. The molecule has 1 unspecified atom stereocenters. The first kappa shape index (κ1) is 18.5. The number of imidazole rings is 1. The average molecular weight is 373 g/mol. The molecule has 0 aromatic carbocycles. The summed E-state index contributed by atoms with van der Waals surface area (Å²) >= 11 is 0. The summed E-state index contributed by atoms with van der Waals surface area (Å²) in [4.78, 5) is 33.8. The van der Waals surface area contributed by atoms with Gasteiger partial charge >= 0.3 is 0 Å². The van der Waals surface area contributed by atoms with E-state index in [1.54, 1.807) is 17.1 Å². The lowest BCUT2D eigenvalue weighted by Crippen LogP contribution is -2.35. The van der Waals surface area contributed by atoms with Crippen LogP contribution in [-0.2, 0) is 11.8 Å². The molecule has 27 heavy (non-hydrogen) atoms. The van der Waals surface area contributed by atoms with Gasteiger partial charge in [0, 0.05) is 39.6 Å². The maximum absolute atomic E-state index is 13.0. The normalized spacial score (nSPS) is 24.7. The summed E-state index contributed by atoms with van der Waals surface area (Å²) in [5.41, 5.74) is 0.882. The molecule has 3 fully saturated rings. The molecule has 1 aromatic heterocycles. The molecule has 2 saturated heterocycles. The number of amides is 2. The van der Waals surface area contributed by atoms with Crippen molar-refractivity contribution in [2.75, 3.05) is 26.2 Å². The third kappa shape index (κ3) is 3.63. The third-order valence-electron chi connectivity index (χ3n) is 7.15. The first-order valence-electron chi connectivity index (χ1n) is 10.6. The van der Waals surface area contributed by atoms with Crippen LogP contribution < -0.4 is 0 Å². The van der Waals surface area contributed by atoms with Crippen molar-refractivity contribution in [2.24, 2.45) is 18.4 Å². The summed E-state index contributed by atoms with van der Waals surface area (Å²) in [6, 6.07) is 0. The first-order chi connectivity index (χ1) is 13.1. The van der Waals surface area contributed by atoms with Crippen LogP contribution in [0.3, 0.4) is 0 Å². The lowest BCUT2D eigenvalue weighted by Gasteiger charge is -2.38. The van der Waals surface area contributed by atoms with Gasteiger partial charge in [-0.15, -0.1) is 0 Å². The van der Waals surface area contributed by atoms with E-state index in [4.69, 9.17) is 0 Å². The number of aromatic nitrogens is 2. The van der Waals surface area contributed by atoms with Gasteiger partial charge in [0.15, 0.2) is 0 Å². The molecular formula is C21H32N4O2. The van der Waals surface area contributed by atoms with Crippen LogP contribution >= 0.6 is 0 Å². The number of rotatable bonds is 4. The number of hydrogen-bond acceptors (Lipinski definition) is 3. The van der Waals surface area contributed by atoms with Crippen LogP contribution in [0.2, 0.25) is 0 Å². The molecule has 1 saturated carbocycles. The molecule has 1 aromatic rings. The quantitative estimate of drug-likeness (QED) is 0.817. The molecule has 3 aliphatic rings. The van der Waals surface area contributed by atoms with Crippen LogP contribution in [-0.4, -0.2) is 57.3 Å². The monoisotopic (exact) mass is 372 g/mol. The van der Waals surface area contributed by atoms with Crippen molar-refractivity contribution < 1.29 is 9.59 Å². The minimum Gasteiger partial charge on any atom is -0.343 e. The van der Waals surface area contributed by atoms with E-state index in [1.807, 2.05) is 16.8 Å². The molecule has 6 nitrogen and oxygen atoms in total. The molecule has 0 N–H and O–H groups in total. The molecule has 2 aliphatic heterocycles. The topological polar surface area (TPSA) is 58.4 Å². The summed E-state index contributed by atoms with van der Waals surface area (Å²) in [6.07, 6.45) is 13.4. The summed E-state index contributed by atoms with van der Waals surface area (Å²) in [5.74, 6) is 0.852. The third-order valence-corrected chi connectivity index (χ3v) is 7.15. The van der Waals surface area contributed by atoms with Crippen molar-refractivity contribution >= 4 is 11.8 Å². The maximum Gasteiger partial charge on any atom is 0.272 e. The zero-order valence-electron chi connectivity index (χ0n) is 16.5. The maximum atomic E-state index is 13.0. The smallest absolute Gasteiger partial charge is 0.272 e. The summed E-state index contributed by atoms with van der Waals surface area (Å²) in [7, 11) is 1.87. The van der Waals surface area contributed by atoms with Crippen molar-refractivity contribution in [2.45, 2.75) is 57.8 Å². The molecule has 1 spiro atoms. The second kappa shape index (κ2) is 7.64. The van der Waals surface area contributed by atoms with Gasteiger partial charge in [-0.05, 0) is 43.4 Å². The van der Waals surface area contributed by atoms with Gasteiger partial charge in [0.25, 0.3) is 5.91 Å². The molecule has 0 radical (unpaired) electrons. The van der Waals surface area contributed by atoms with E-state index in [0.717, 1.165) is 45.4 Å². The minimum atomic E-state index is 0.0910. The molecule has 3 heterocycles. The second-order valence-electron chi connectivity index (χ2n) is 8.82. The van der Waals surface area contributed by atoms with Gasteiger partial charge in [0.2, 0.25) is 5.91 Å². The van der Waals surface area contributed by atoms with Crippen LogP contribution in [0.4, 0.5) is 0 Å². The average Bonchev–Trinajstić information content (AvgIpc) is 3.41. The Kier molecular flexibility index (Phi) is 5.24. The van der Waals surface area contributed by atoms with Crippen molar-refractivity contribution in [3.63, 3.8) is 0 Å². The van der Waals surface area contributed by atoms with E-state index in [2.05, 4.69) is 4.98 Å². The van der Waals surface area contributed by atoms with Gasteiger partial charge in [-0.3, -0.25) is 9.59 Å².